The van der Waals surface area contributed by atoms with E-state index in [1.807, 2.05) is 64.1 Å². The van der Waals surface area contributed by atoms with Gasteiger partial charge in [-0.05, 0) is 43.7 Å². The number of benzene rings is 1. The van der Waals surface area contributed by atoms with Crippen LogP contribution in [0, 0.1) is 11.3 Å². The van der Waals surface area contributed by atoms with Crippen LogP contribution < -0.4 is 5.73 Å². The summed E-state index contributed by atoms with van der Waals surface area (Å²) in [7, 11) is 0. The molecule has 0 aromatic heterocycles. The van der Waals surface area contributed by atoms with E-state index in [1.54, 1.807) is 26.8 Å². The molecule has 0 amide bonds. The summed E-state index contributed by atoms with van der Waals surface area (Å²) < 4.78 is 11.1. The Kier molecular flexibility index (Phi) is 11.0. The Morgan fingerprint density at radius 2 is 1.70 bits per heavy atom. The molecular formula is C27H41NO5. The van der Waals surface area contributed by atoms with E-state index in [4.69, 9.17) is 15.2 Å². The van der Waals surface area contributed by atoms with Crippen molar-refractivity contribution in [3.8, 4) is 0 Å². The molecule has 1 rings (SSSR count). The van der Waals surface area contributed by atoms with Gasteiger partial charge in [0.2, 0.25) is 0 Å². The van der Waals surface area contributed by atoms with Crippen LogP contribution in [0.2, 0.25) is 0 Å². The van der Waals surface area contributed by atoms with Gasteiger partial charge in [-0.1, -0.05) is 70.2 Å². The third-order valence-corrected chi connectivity index (χ3v) is 4.77. The van der Waals surface area contributed by atoms with Gasteiger partial charge in [-0.2, -0.15) is 0 Å². The smallest absolute Gasteiger partial charge is 0.330 e. The van der Waals surface area contributed by atoms with Crippen LogP contribution in [-0.2, 0) is 25.7 Å². The molecule has 1 aromatic carbocycles. The Hall–Kier alpha value is -2.44. The predicted molar refractivity (Wildman–Crippen MR) is 132 cm³/mol. The Labute approximate surface area is 198 Å². The standard InChI is InChI=1S/C27H41NO5/c1-19(11-12-20-13-15-21(18-29)16-14-20)23(9-8-10-24(30)33-27(5,6)7)32-25(31)22(28)17-26(2,3)4/h8,10-16,19,22-23,29H,9,17-18,28H2,1-7H3/b10-8+,12-11+/t19-,22?,23+/m1/s1. The Balaban J connectivity index is 2.93. The van der Waals surface area contributed by atoms with Crippen LogP contribution in [0.15, 0.2) is 42.5 Å². The number of aliphatic hydroxyl groups excluding tert-OH is 1. The second kappa shape index (κ2) is 12.7. The summed E-state index contributed by atoms with van der Waals surface area (Å²) in [5, 5.41) is 9.19. The van der Waals surface area contributed by atoms with Crippen LogP contribution in [0.3, 0.4) is 0 Å². The first-order chi connectivity index (χ1) is 15.2. The topological polar surface area (TPSA) is 98.9 Å². The molecule has 0 aliphatic rings. The maximum atomic E-state index is 12.7. The number of ether oxygens (including phenoxy) is 2. The van der Waals surface area contributed by atoms with Gasteiger partial charge in [0.15, 0.2) is 0 Å². The summed E-state index contributed by atoms with van der Waals surface area (Å²) in [6, 6.07) is 6.83. The molecule has 1 aromatic rings. The van der Waals surface area contributed by atoms with Gasteiger partial charge in [0.25, 0.3) is 0 Å². The number of hydrogen-bond acceptors (Lipinski definition) is 6. The molecule has 0 aliphatic heterocycles. The highest BCUT2D eigenvalue weighted by molar-refractivity contribution is 5.82. The summed E-state index contributed by atoms with van der Waals surface area (Å²) in [5.74, 6) is -1.02. The van der Waals surface area contributed by atoms with Crippen LogP contribution in [0.25, 0.3) is 6.08 Å². The van der Waals surface area contributed by atoms with Gasteiger partial charge in [0, 0.05) is 18.4 Å². The van der Waals surface area contributed by atoms with Crippen molar-refractivity contribution in [2.75, 3.05) is 0 Å². The number of carbonyl (C=O) groups excluding carboxylic acids is 2. The van der Waals surface area contributed by atoms with Crippen molar-refractivity contribution in [2.45, 2.75) is 85.7 Å². The molecule has 0 bridgehead atoms. The average Bonchev–Trinajstić information content (AvgIpc) is 2.68. The zero-order valence-corrected chi connectivity index (χ0v) is 21.1. The molecule has 3 atom stereocenters. The third-order valence-electron chi connectivity index (χ3n) is 4.77. The molecule has 6 heteroatoms. The highest BCUT2D eigenvalue weighted by atomic mass is 16.6. The monoisotopic (exact) mass is 459 g/mol. The Morgan fingerprint density at radius 3 is 2.21 bits per heavy atom. The highest BCUT2D eigenvalue weighted by Gasteiger charge is 2.26. The van der Waals surface area contributed by atoms with Gasteiger partial charge in [-0.25, -0.2) is 4.79 Å². The third kappa shape index (κ3) is 12.4. The van der Waals surface area contributed by atoms with E-state index in [1.165, 1.54) is 6.08 Å². The number of aliphatic hydroxyl groups is 1. The molecule has 0 saturated carbocycles. The van der Waals surface area contributed by atoms with Crippen molar-refractivity contribution < 1.29 is 24.2 Å². The molecular weight excluding hydrogens is 418 g/mol. The van der Waals surface area contributed by atoms with Gasteiger partial charge in [0.1, 0.15) is 17.7 Å². The fourth-order valence-corrected chi connectivity index (χ4v) is 3.10. The normalized spacial score (nSPS) is 15.4. The lowest BCUT2D eigenvalue weighted by Crippen LogP contribution is -2.39. The Morgan fingerprint density at radius 1 is 1.09 bits per heavy atom. The molecule has 0 heterocycles. The van der Waals surface area contributed by atoms with Crippen LogP contribution in [0.1, 0.15) is 72.4 Å². The van der Waals surface area contributed by atoms with Gasteiger partial charge in [-0.3, -0.25) is 4.79 Å². The van der Waals surface area contributed by atoms with Crippen LogP contribution in [0.4, 0.5) is 0 Å². The highest BCUT2D eigenvalue weighted by Crippen LogP contribution is 2.22. The minimum Gasteiger partial charge on any atom is -0.460 e. The van der Waals surface area contributed by atoms with Crippen molar-refractivity contribution >= 4 is 18.0 Å². The van der Waals surface area contributed by atoms with E-state index >= 15 is 0 Å². The first-order valence-corrected chi connectivity index (χ1v) is 11.4. The zero-order valence-electron chi connectivity index (χ0n) is 21.1. The summed E-state index contributed by atoms with van der Waals surface area (Å²) in [6.07, 6.45) is 7.31. The minimum absolute atomic E-state index is 0.00275. The van der Waals surface area contributed by atoms with Crippen molar-refractivity contribution in [3.63, 3.8) is 0 Å². The maximum Gasteiger partial charge on any atom is 0.330 e. The number of esters is 2. The summed E-state index contributed by atoms with van der Waals surface area (Å²) >= 11 is 0. The van der Waals surface area contributed by atoms with Gasteiger partial charge in [0.05, 0.1) is 6.61 Å². The molecule has 3 N–H and O–H groups in total. The van der Waals surface area contributed by atoms with E-state index in [9.17, 15) is 14.7 Å². The molecule has 0 fully saturated rings. The SMILES string of the molecule is C[C@H](/C=C/c1ccc(CO)cc1)[C@H](C/C=C/C(=O)OC(C)(C)C)OC(=O)C(N)CC(C)(C)C. The van der Waals surface area contributed by atoms with Crippen LogP contribution >= 0.6 is 0 Å². The fraction of sp³-hybridized carbons (Fsp3) is 0.556. The quantitative estimate of drug-likeness (QED) is 0.385. The first kappa shape index (κ1) is 28.6. The molecule has 33 heavy (non-hydrogen) atoms. The fourth-order valence-electron chi connectivity index (χ4n) is 3.10. The summed E-state index contributed by atoms with van der Waals surface area (Å²) in [5.41, 5.74) is 7.22. The first-order valence-electron chi connectivity index (χ1n) is 11.4. The van der Waals surface area contributed by atoms with Crippen LogP contribution in [0.5, 0.6) is 0 Å². The van der Waals surface area contributed by atoms with Gasteiger partial charge < -0.3 is 20.3 Å². The molecule has 1 unspecified atom stereocenters. The second-order valence-corrected chi connectivity index (χ2v) is 10.6. The van der Waals surface area contributed by atoms with Crippen LogP contribution in [-0.4, -0.2) is 34.8 Å². The van der Waals surface area contributed by atoms with Gasteiger partial charge in [-0.15, -0.1) is 0 Å². The van der Waals surface area contributed by atoms with Crippen molar-refractivity contribution in [1.82, 2.24) is 0 Å². The van der Waals surface area contributed by atoms with Crippen molar-refractivity contribution in [2.24, 2.45) is 17.1 Å². The van der Waals surface area contributed by atoms with E-state index in [0.717, 1.165) is 11.1 Å². The predicted octanol–water partition coefficient (Wildman–Crippen LogP) is 4.79. The van der Waals surface area contributed by atoms with Gasteiger partial charge >= 0.3 is 11.9 Å². The molecule has 184 valence electrons. The lowest BCUT2D eigenvalue weighted by molar-refractivity contribution is -0.153. The van der Waals surface area contributed by atoms with Crippen molar-refractivity contribution in [3.05, 3.63) is 53.6 Å². The van der Waals surface area contributed by atoms with E-state index in [0.29, 0.717) is 12.8 Å². The Bertz CT molecular complexity index is 812. The van der Waals surface area contributed by atoms with E-state index in [-0.39, 0.29) is 17.9 Å². The lowest BCUT2D eigenvalue weighted by Gasteiger charge is -2.26. The molecule has 0 spiro atoms. The van der Waals surface area contributed by atoms with E-state index in [2.05, 4.69) is 0 Å². The maximum absolute atomic E-state index is 12.7. The number of hydrogen-bond donors (Lipinski definition) is 2. The number of rotatable bonds is 10. The number of carbonyl (C=O) groups is 2. The largest absolute Gasteiger partial charge is 0.460 e. The number of nitrogens with two attached hydrogens (primary N) is 1. The zero-order chi connectivity index (χ0) is 25.2. The summed E-state index contributed by atoms with van der Waals surface area (Å²) in [6.45, 7) is 13.4. The lowest BCUT2D eigenvalue weighted by atomic mass is 9.88. The molecule has 6 nitrogen and oxygen atoms in total. The summed E-state index contributed by atoms with van der Waals surface area (Å²) in [4.78, 5) is 24.6. The molecule has 0 saturated heterocycles. The molecule has 0 aliphatic carbocycles. The minimum atomic E-state index is -0.718. The second-order valence-electron chi connectivity index (χ2n) is 10.6. The van der Waals surface area contributed by atoms with E-state index < -0.39 is 29.7 Å². The molecule has 0 radical (unpaired) electrons. The van der Waals surface area contributed by atoms with Crippen molar-refractivity contribution in [1.29, 1.82) is 0 Å². The average molecular weight is 460 g/mol.